The molecule has 0 N–H and O–H groups in total. The minimum absolute atomic E-state index is 0.429. The van der Waals surface area contributed by atoms with Crippen LogP contribution < -0.4 is 0 Å². The van der Waals surface area contributed by atoms with E-state index < -0.39 is 32.8 Å². The lowest BCUT2D eigenvalue weighted by Gasteiger charge is -2.21. The highest BCUT2D eigenvalue weighted by Crippen LogP contribution is 2.38. The number of unbranched alkanes of at least 4 members (excludes halogenated alkanes) is 2. The number of rotatable bonds is 6. The molecule has 0 aliphatic heterocycles. The van der Waals surface area contributed by atoms with Gasteiger partial charge in [-0.05, 0) is 44.2 Å². The number of halogens is 3. The topological polar surface area (TPSA) is 0 Å². The minimum atomic E-state index is -0.700. The first kappa shape index (κ1) is 15.9. The standard InChI is InChI=1S/C17H22F2I/c1-2-3-4-6-13-9-11-14(12-10-13)20-16-8-5-7-15(18)17(16)19/h5,7-9,14H,2-4,6,10-12H2,1H3. The molecule has 1 aliphatic carbocycles. The van der Waals surface area contributed by atoms with Gasteiger partial charge in [-0.25, -0.2) is 8.78 Å². The first-order valence-electron chi connectivity index (χ1n) is 7.46. The van der Waals surface area contributed by atoms with Crippen molar-refractivity contribution in [2.75, 3.05) is 0 Å². The molecule has 2 rings (SSSR count). The van der Waals surface area contributed by atoms with Crippen LogP contribution in [0.5, 0.6) is 0 Å². The predicted molar refractivity (Wildman–Crippen MR) is 88.9 cm³/mol. The number of hydrogen-bond acceptors (Lipinski definition) is 0. The van der Waals surface area contributed by atoms with Crippen molar-refractivity contribution in [3.05, 3.63) is 45.1 Å². The summed E-state index contributed by atoms with van der Waals surface area (Å²) in [6.07, 6.45) is 10.8. The van der Waals surface area contributed by atoms with Gasteiger partial charge < -0.3 is 0 Å². The molecule has 20 heavy (non-hydrogen) atoms. The average molecular weight is 391 g/mol. The fourth-order valence-corrected chi connectivity index (χ4v) is 5.54. The average Bonchev–Trinajstić information content (AvgIpc) is 2.46. The Hall–Kier alpha value is -0.450. The van der Waals surface area contributed by atoms with Gasteiger partial charge in [-0.2, -0.15) is 0 Å². The van der Waals surface area contributed by atoms with Crippen LogP contribution >= 0.6 is 21.2 Å². The Morgan fingerprint density at radius 1 is 1.25 bits per heavy atom. The predicted octanol–water partition coefficient (Wildman–Crippen LogP) is 6.16. The van der Waals surface area contributed by atoms with Crippen molar-refractivity contribution in [2.24, 2.45) is 0 Å². The second kappa shape index (κ2) is 8.11. The Kier molecular flexibility index (Phi) is 6.46. The lowest BCUT2D eigenvalue weighted by Crippen LogP contribution is -2.07. The van der Waals surface area contributed by atoms with Gasteiger partial charge in [0.15, 0.2) is 11.6 Å². The van der Waals surface area contributed by atoms with Gasteiger partial charge in [0.05, 0.1) is 0 Å². The largest absolute Gasteiger partial charge is 0.204 e. The molecule has 0 heterocycles. The molecule has 1 atom stereocenters. The summed E-state index contributed by atoms with van der Waals surface area (Å²) < 4.78 is 28.1. The molecule has 0 saturated heterocycles. The Morgan fingerprint density at radius 3 is 2.80 bits per heavy atom. The van der Waals surface area contributed by atoms with Crippen LogP contribution in [0.2, 0.25) is 0 Å². The van der Waals surface area contributed by atoms with E-state index in [0.717, 1.165) is 19.3 Å². The highest BCUT2D eigenvalue weighted by Gasteiger charge is 2.18. The molecule has 3 heteroatoms. The molecule has 0 spiro atoms. The van der Waals surface area contributed by atoms with Crippen molar-refractivity contribution in [1.82, 2.24) is 0 Å². The maximum atomic E-state index is 13.7. The summed E-state index contributed by atoms with van der Waals surface area (Å²) in [7, 11) is 0. The molecule has 1 unspecified atom stereocenters. The second-order valence-electron chi connectivity index (χ2n) is 5.34. The van der Waals surface area contributed by atoms with Crippen molar-refractivity contribution in [1.29, 1.82) is 0 Å². The van der Waals surface area contributed by atoms with E-state index in [2.05, 4.69) is 13.0 Å². The van der Waals surface area contributed by atoms with E-state index in [0.29, 0.717) is 7.49 Å². The molecule has 0 bridgehead atoms. The summed E-state index contributed by atoms with van der Waals surface area (Å²) in [5.41, 5.74) is 1.58. The number of allylic oxidation sites excluding steroid dienone is 2. The number of benzene rings is 1. The van der Waals surface area contributed by atoms with E-state index in [9.17, 15) is 8.78 Å². The zero-order valence-electron chi connectivity index (χ0n) is 12.0. The van der Waals surface area contributed by atoms with Crippen LogP contribution in [-0.4, -0.2) is 3.92 Å². The van der Waals surface area contributed by atoms with Gasteiger partial charge in [-0.1, -0.05) is 37.5 Å². The maximum Gasteiger partial charge on any atom is 0.171 e. The Bertz CT molecular complexity index is 468. The summed E-state index contributed by atoms with van der Waals surface area (Å²) in [6.45, 7) is 2.23. The zero-order chi connectivity index (χ0) is 14.4. The fourth-order valence-electron chi connectivity index (χ4n) is 2.51. The van der Waals surface area contributed by atoms with E-state index in [4.69, 9.17) is 0 Å². The SMILES string of the molecule is CCCCCC1=CCC([I]c2cccc(F)c2F)CC1. The van der Waals surface area contributed by atoms with Gasteiger partial charge >= 0.3 is 0 Å². The molecule has 0 fully saturated rings. The molecular formula is C17H22F2I. The molecule has 0 amide bonds. The highest BCUT2D eigenvalue weighted by molar-refractivity contribution is 14.2. The molecule has 0 saturated carbocycles. The minimum Gasteiger partial charge on any atom is -0.204 e. The van der Waals surface area contributed by atoms with Crippen molar-refractivity contribution in [3.8, 4) is 0 Å². The van der Waals surface area contributed by atoms with Gasteiger partial charge in [0.2, 0.25) is 0 Å². The summed E-state index contributed by atoms with van der Waals surface area (Å²) in [6, 6.07) is 4.59. The second-order valence-corrected chi connectivity index (χ2v) is 8.88. The molecule has 1 aliphatic rings. The van der Waals surface area contributed by atoms with Gasteiger partial charge in [0.25, 0.3) is 0 Å². The summed E-state index contributed by atoms with van der Waals surface area (Å²) in [5.74, 6) is -1.31. The number of hydrogen-bond donors (Lipinski definition) is 0. The first-order chi connectivity index (χ1) is 9.70. The van der Waals surface area contributed by atoms with E-state index in [-0.39, 0.29) is 0 Å². The number of alkyl halides is 1. The molecule has 0 aromatic heterocycles. The third-order valence-corrected chi connectivity index (χ3v) is 7.23. The lowest BCUT2D eigenvalue weighted by atomic mass is 9.95. The van der Waals surface area contributed by atoms with Crippen molar-refractivity contribution in [2.45, 2.75) is 55.8 Å². The Balaban J connectivity index is 1.86. The van der Waals surface area contributed by atoms with Crippen LogP contribution in [-0.2, 0) is 0 Å². The zero-order valence-corrected chi connectivity index (χ0v) is 14.1. The van der Waals surface area contributed by atoms with E-state index in [1.165, 1.54) is 31.7 Å². The van der Waals surface area contributed by atoms with Crippen LogP contribution in [0.25, 0.3) is 0 Å². The van der Waals surface area contributed by atoms with E-state index in [1.807, 2.05) is 0 Å². The van der Waals surface area contributed by atoms with Gasteiger partial charge in [0, 0.05) is 7.49 Å². The van der Waals surface area contributed by atoms with Gasteiger partial charge in [0.1, 0.15) is 0 Å². The van der Waals surface area contributed by atoms with Crippen LogP contribution in [0.4, 0.5) is 8.78 Å². The molecule has 1 aromatic carbocycles. The quantitative estimate of drug-likeness (QED) is 0.179. The third-order valence-electron chi connectivity index (χ3n) is 3.72. The molecule has 1 radical (unpaired) electrons. The van der Waals surface area contributed by atoms with E-state index >= 15 is 0 Å². The summed E-state index contributed by atoms with van der Waals surface area (Å²) in [4.78, 5) is 0. The molecular weight excluding hydrogens is 369 g/mol. The maximum absolute atomic E-state index is 13.7. The summed E-state index contributed by atoms with van der Waals surface area (Å²) >= 11 is -0.429. The Labute approximate surface area is 130 Å². The monoisotopic (exact) mass is 391 g/mol. The summed E-state index contributed by atoms with van der Waals surface area (Å²) in [5, 5.41) is 0. The van der Waals surface area contributed by atoms with Crippen LogP contribution in [0.3, 0.4) is 0 Å². The molecule has 1 aromatic rings. The van der Waals surface area contributed by atoms with Crippen LogP contribution in [0, 0.1) is 15.2 Å². The third kappa shape index (κ3) is 4.54. The fraction of sp³-hybridized carbons (Fsp3) is 0.529. The smallest absolute Gasteiger partial charge is 0.171 e. The van der Waals surface area contributed by atoms with Crippen LogP contribution in [0.15, 0.2) is 29.8 Å². The van der Waals surface area contributed by atoms with Crippen molar-refractivity contribution < 1.29 is 8.78 Å². The van der Waals surface area contributed by atoms with E-state index in [1.54, 1.807) is 17.7 Å². The van der Waals surface area contributed by atoms with Gasteiger partial charge in [-0.15, -0.1) is 21.2 Å². The molecule has 111 valence electrons. The van der Waals surface area contributed by atoms with Crippen molar-refractivity contribution in [3.63, 3.8) is 0 Å². The molecule has 0 nitrogen and oxygen atoms in total. The first-order valence-corrected chi connectivity index (χ1v) is 9.78. The van der Waals surface area contributed by atoms with Gasteiger partial charge in [-0.3, -0.25) is 0 Å². The lowest BCUT2D eigenvalue weighted by molar-refractivity contribution is 0.503. The highest BCUT2D eigenvalue weighted by atomic mass is 127. The normalized spacial score (nSPS) is 18.9. The van der Waals surface area contributed by atoms with Crippen molar-refractivity contribution >= 4 is 21.2 Å². The Morgan fingerprint density at radius 2 is 2.10 bits per heavy atom. The van der Waals surface area contributed by atoms with Crippen LogP contribution in [0.1, 0.15) is 51.9 Å².